The molecule has 3 nitrogen and oxygen atoms in total. The standard InChI is InChI=1S/C16H13NO2/c1-18-14-9-7-13(8-10-14)16-17-11-15(19-16)12-5-3-2-4-6-12/h2-11H,1H3. The van der Waals surface area contributed by atoms with E-state index in [4.69, 9.17) is 9.15 Å². The quantitative estimate of drug-likeness (QED) is 0.705. The monoisotopic (exact) mass is 251 g/mol. The number of methoxy groups -OCH3 is 1. The highest BCUT2D eigenvalue weighted by Gasteiger charge is 2.08. The molecule has 1 aromatic heterocycles. The largest absolute Gasteiger partial charge is 0.497 e. The van der Waals surface area contributed by atoms with Crippen LogP contribution in [0.1, 0.15) is 0 Å². The third kappa shape index (κ3) is 2.36. The predicted octanol–water partition coefficient (Wildman–Crippen LogP) is 4.02. The minimum atomic E-state index is 0.613. The molecular weight excluding hydrogens is 238 g/mol. The maximum Gasteiger partial charge on any atom is 0.226 e. The van der Waals surface area contributed by atoms with Crippen LogP contribution >= 0.6 is 0 Å². The van der Waals surface area contributed by atoms with Crippen LogP contribution in [-0.2, 0) is 0 Å². The van der Waals surface area contributed by atoms with Crippen LogP contribution in [-0.4, -0.2) is 12.1 Å². The third-order valence-corrected chi connectivity index (χ3v) is 2.90. The molecule has 3 aromatic rings. The van der Waals surface area contributed by atoms with Crippen LogP contribution in [0, 0.1) is 0 Å². The second-order valence-electron chi connectivity index (χ2n) is 4.12. The molecular formula is C16H13NO2. The van der Waals surface area contributed by atoms with Gasteiger partial charge in [-0.3, -0.25) is 0 Å². The number of hydrogen-bond donors (Lipinski definition) is 0. The van der Waals surface area contributed by atoms with E-state index in [1.807, 2.05) is 54.6 Å². The van der Waals surface area contributed by atoms with Gasteiger partial charge in [0.25, 0.3) is 0 Å². The Bertz CT molecular complexity index is 657. The molecule has 0 saturated carbocycles. The zero-order chi connectivity index (χ0) is 13.1. The Balaban J connectivity index is 1.92. The van der Waals surface area contributed by atoms with Crippen molar-refractivity contribution in [3.05, 3.63) is 60.8 Å². The maximum absolute atomic E-state index is 5.78. The van der Waals surface area contributed by atoms with Gasteiger partial charge in [0.15, 0.2) is 5.76 Å². The summed E-state index contributed by atoms with van der Waals surface area (Å²) < 4.78 is 10.9. The summed E-state index contributed by atoms with van der Waals surface area (Å²) in [7, 11) is 1.65. The Morgan fingerprint density at radius 3 is 2.32 bits per heavy atom. The van der Waals surface area contributed by atoms with Crippen LogP contribution in [0.25, 0.3) is 22.8 Å². The van der Waals surface area contributed by atoms with E-state index in [0.29, 0.717) is 5.89 Å². The fourth-order valence-corrected chi connectivity index (χ4v) is 1.88. The normalized spacial score (nSPS) is 10.4. The highest BCUT2D eigenvalue weighted by molar-refractivity contribution is 5.61. The van der Waals surface area contributed by atoms with E-state index in [-0.39, 0.29) is 0 Å². The maximum atomic E-state index is 5.78. The molecule has 0 unspecified atom stereocenters. The van der Waals surface area contributed by atoms with Gasteiger partial charge in [-0.1, -0.05) is 30.3 Å². The number of oxazole rings is 1. The predicted molar refractivity (Wildman–Crippen MR) is 73.9 cm³/mol. The highest BCUT2D eigenvalue weighted by Crippen LogP contribution is 2.26. The average Bonchev–Trinajstić information content (AvgIpc) is 2.98. The minimum Gasteiger partial charge on any atom is -0.497 e. The summed E-state index contributed by atoms with van der Waals surface area (Å²) in [5.74, 6) is 2.20. The first-order chi connectivity index (χ1) is 9.36. The topological polar surface area (TPSA) is 35.3 Å². The van der Waals surface area contributed by atoms with Gasteiger partial charge in [-0.25, -0.2) is 4.98 Å². The van der Waals surface area contributed by atoms with E-state index < -0.39 is 0 Å². The van der Waals surface area contributed by atoms with Crippen molar-refractivity contribution in [2.24, 2.45) is 0 Å². The van der Waals surface area contributed by atoms with Gasteiger partial charge in [0.05, 0.1) is 13.3 Å². The zero-order valence-corrected chi connectivity index (χ0v) is 10.5. The number of nitrogens with zero attached hydrogens (tertiary/aromatic N) is 1. The van der Waals surface area contributed by atoms with Gasteiger partial charge < -0.3 is 9.15 Å². The summed E-state index contributed by atoms with van der Waals surface area (Å²) in [5, 5.41) is 0. The number of hydrogen-bond acceptors (Lipinski definition) is 3. The third-order valence-electron chi connectivity index (χ3n) is 2.90. The summed E-state index contributed by atoms with van der Waals surface area (Å²) in [6.45, 7) is 0. The van der Waals surface area contributed by atoms with Crippen LogP contribution in [0.4, 0.5) is 0 Å². The van der Waals surface area contributed by atoms with E-state index in [2.05, 4.69) is 4.98 Å². The number of rotatable bonds is 3. The van der Waals surface area contributed by atoms with Crippen molar-refractivity contribution in [3.63, 3.8) is 0 Å². The lowest BCUT2D eigenvalue weighted by Crippen LogP contribution is -1.82. The molecule has 1 heterocycles. The summed E-state index contributed by atoms with van der Waals surface area (Å²) in [5.41, 5.74) is 1.96. The van der Waals surface area contributed by atoms with Crippen molar-refractivity contribution < 1.29 is 9.15 Å². The van der Waals surface area contributed by atoms with Gasteiger partial charge >= 0.3 is 0 Å². The van der Waals surface area contributed by atoms with E-state index in [1.54, 1.807) is 13.3 Å². The average molecular weight is 251 g/mol. The molecule has 0 fully saturated rings. The van der Waals surface area contributed by atoms with E-state index in [1.165, 1.54) is 0 Å². The van der Waals surface area contributed by atoms with Gasteiger partial charge in [0, 0.05) is 11.1 Å². The smallest absolute Gasteiger partial charge is 0.226 e. The molecule has 0 aliphatic rings. The lowest BCUT2D eigenvalue weighted by Gasteiger charge is -2.00. The van der Waals surface area contributed by atoms with Crippen molar-refractivity contribution in [1.29, 1.82) is 0 Å². The molecule has 0 N–H and O–H groups in total. The molecule has 2 aromatic carbocycles. The van der Waals surface area contributed by atoms with Gasteiger partial charge in [0.2, 0.25) is 5.89 Å². The highest BCUT2D eigenvalue weighted by atomic mass is 16.5. The van der Waals surface area contributed by atoms with E-state index in [0.717, 1.165) is 22.6 Å². The first-order valence-corrected chi connectivity index (χ1v) is 6.02. The molecule has 94 valence electrons. The molecule has 0 amide bonds. The fourth-order valence-electron chi connectivity index (χ4n) is 1.88. The van der Waals surface area contributed by atoms with E-state index in [9.17, 15) is 0 Å². The summed E-state index contributed by atoms with van der Waals surface area (Å²) in [6.07, 6.45) is 1.74. The van der Waals surface area contributed by atoms with E-state index >= 15 is 0 Å². The molecule has 0 bridgehead atoms. The number of aromatic nitrogens is 1. The Labute approximate surface area is 111 Å². The lowest BCUT2D eigenvalue weighted by molar-refractivity contribution is 0.415. The van der Waals surface area contributed by atoms with Crippen molar-refractivity contribution in [2.45, 2.75) is 0 Å². The SMILES string of the molecule is COc1ccc(-c2ncc(-c3ccccc3)o2)cc1. The molecule has 19 heavy (non-hydrogen) atoms. The zero-order valence-electron chi connectivity index (χ0n) is 10.5. The number of ether oxygens (including phenoxy) is 1. The molecule has 0 radical (unpaired) electrons. The Morgan fingerprint density at radius 2 is 1.63 bits per heavy atom. The Hall–Kier alpha value is -2.55. The van der Waals surface area contributed by atoms with Gasteiger partial charge in [-0.15, -0.1) is 0 Å². The van der Waals surface area contributed by atoms with Crippen molar-refractivity contribution >= 4 is 0 Å². The lowest BCUT2D eigenvalue weighted by atomic mass is 10.2. The van der Waals surface area contributed by atoms with Gasteiger partial charge in [-0.2, -0.15) is 0 Å². The fraction of sp³-hybridized carbons (Fsp3) is 0.0625. The Kier molecular flexibility index (Phi) is 3.02. The van der Waals surface area contributed by atoms with Crippen LogP contribution < -0.4 is 4.74 Å². The van der Waals surface area contributed by atoms with Crippen molar-refractivity contribution in [1.82, 2.24) is 4.98 Å². The second-order valence-corrected chi connectivity index (χ2v) is 4.12. The Morgan fingerprint density at radius 1 is 0.895 bits per heavy atom. The first kappa shape index (κ1) is 11.5. The summed E-state index contributed by atoms with van der Waals surface area (Å²) in [4.78, 5) is 4.31. The van der Waals surface area contributed by atoms with Crippen molar-refractivity contribution in [3.8, 4) is 28.5 Å². The summed E-state index contributed by atoms with van der Waals surface area (Å²) >= 11 is 0. The molecule has 0 spiro atoms. The van der Waals surface area contributed by atoms with Gasteiger partial charge in [-0.05, 0) is 24.3 Å². The van der Waals surface area contributed by atoms with Gasteiger partial charge in [0.1, 0.15) is 5.75 Å². The second kappa shape index (κ2) is 4.98. The molecule has 0 aliphatic heterocycles. The van der Waals surface area contributed by atoms with Crippen LogP contribution in [0.5, 0.6) is 5.75 Å². The molecule has 3 heteroatoms. The molecule has 0 aliphatic carbocycles. The molecule has 0 atom stereocenters. The summed E-state index contributed by atoms with van der Waals surface area (Å²) in [6, 6.07) is 17.6. The van der Waals surface area contributed by atoms with Crippen LogP contribution in [0.15, 0.2) is 65.2 Å². The van der Waals surface area contributed by atoms with Crippen molar-refractivity contribution in [2.75, 3.05) is 7.11 Å². The minimum absolute atomic E-state index is 0.613. The van der Waals surface area contributed by atoms with Crippen LogP contribution in [0.3, 0.4) is 0 Å². The number of benzene rings is 2. The first-order valence-electron chi connectivity index (χ1n) is 6.02. The van der Waals surface area contributed by atoms with Crippen LogP contribution in [0.2, 0.25) is 0 Å². The molecule has 3 rings (SSSR count). The molecule has 0 saturated heterocycles.